The van der Waals surface area contributed by atoms with Crippen LogP contribution in [0.25, 0.3) is 6.08 Å². The highest BCUT2D eigenvalue weighted by molar-refractivity contribution is 9.10. The average Bonchev–Trinajstić information content (AvgIpc) is 3.08. The van der Waals surface area contributed by atoms with Crippen LogP contribution in [0, 0.1) is 11.3 Å². The van der Waals surface area contributed by atoms with Crippen molar-refractivity contribution in [3.05, 3.63) is 79.9 Å². The molecular weight excluding hydrogens is 533 g/mol. The van der Waals surface area contributed by atoms with Crippen molar-refractivity contribution in [2.24, 2.45) is 0 Å². The number of amides is 1. The molecular formula is C23H16BrCl2N3O4. The lowest BCUT2D eigenvalue weighted by atomic mass is 10.2. The Morgan fingerprint density at radius 3 is 2.55 bits per heavy atom. The second kappa shape index (κ2) is 11.1. The van der Waals surface area contributed by atoms with Crippen LogP contribution < -0.4 is 10.6 Å². The Morgan fingerprint density at radius 2 is 1.91 bits per heavy atom. The first-order valence-electron chi connectivity index (χ1n) is 9.53. The van der Waals surface area contributed by atoms with Crippen LogP contribution in [-0.4, -0.2) is 18.5 Å². The van der Waals surface area contributed by atoms with Crippen molar-refractivity contribution in [1.82, 2.24) is 0 Å². The molecule has 0 saturated carbocycles. The predicted molar refractivity (Wildman–Crippen MR) is 131 cm³/mol. The van der Waals surface area contributed by atoms with Gasteiger partial charge in [-0.15, -0.1) is 0 Å². The number of hydrogen-bond donors (Lipinski definition) is 2. The highest BCUT2D eigenvalue weighted by atomic mass is 79.9. The van der Waals surface area contributed by atoms with E-state index in [-0.39, 0.29) is 34.4 Å². The molecule has 0 fully saturated rings. The van der Waals surface area contributed by atoms with E-state index in [1.807, 2.05) is 6.07 Å². The van der Waals surface area contributed by atoms with Gasteiger partial charge in [-0.05, 0) is 49.4 Å². The van der Waals surface area contributed by atoms with Crippen LogP contribution in [0.15, 0.2) is 63.0 Å². The van der Waals surface area contributed by atoms with Crippen molar-refractivity contribution in [1.29, 1.82) is 5.26 Å². The number of hydrogen-bond acceptors (Lipinski definition) is 6. The topological polar surface area (TPSA) is 104 Å². The first-order chi connectivity index (χ1) is 15.8. The summed E-state index contributed by atoms with van der Waals surface area (Å²) < 4.78 is 11.5. The molecule has 0 atom stereocenters. The molecule has 1 heterocycles. The highest BCUT2D eigenvalue weighted by Gasteiger charge is 2.26. The van der Waals surface area contributed by atoms with E-state index in [9.17, 15) is 14.9 Å². The molecule has 3 aromatic rings. The number of anilines is 3. The van der Waals surface area contributed by atoms with Crippen LogP contribution in [0.1, 0.15) is 23.0 Å². The van der Waals surface area contributed by atoms with Crippen molar-refractivity contribution in [3.63, 3.8) is 0 Å². The van der Waals surface area contributed by atoms with Crippen molar-refractivity contribution >= 4 is 74.3 Å². The molecule has 2 aromatic carbocycles. The van der Waals surface area contributed by atoms with Crippen LogP contribution in [0.3, 0.4) is 0 Å². The Morgan fingerprint density at radius 1 is 1.18 bits per heavy atom. The van der Waals surface area contributed by atoms with E-state index in [1.54, 1.807) is 55.5 Å². The van der Waals surface area contributed by atoms with Crippen LogP contribution in [0.2, 0.25) is 10.0 Å². The summed E-state index contributed by atoms with van der Waals surface area (Å²) in [6, 6.07) is 15.4. The molecule has 0 aliphatic heterocycles. The number of esters is 1. The van der Waals surface area contributed by atoms with Gasteiger partial charge in [0, 0.05) is 26.9 Å². The first kappa shape index (κ1) is 24.4. The molecule has 0 unspecified atom stereocenters. The van der Waals surface area contributed by atoms with Crippen molar-refractivity contribution < 1.29 is 18.7 Å². The zero-order valence-corrected chi connectivity index (χ0v) is 20.2. The SMILES string of the molecule is CCOC(=O)c1c(Nc2ccc(Cl)cc2)oc(/C=C(\C#N)C(=O)Nc2cccc(Br)c2)c1Cl. The number of ether oxygens (including phenoxy) is 1. The molecule has 33 heavy (non-hydrogen) atoms. The fraction of sp³-hybridized carbons (Fsp3) is 0.0870. The number of halogens is 3. The standard InChI is InChI=1S/C23H16BrCl2N3O4/c1-2-32-23(31)19-20(26)18(33-22(19)29-16-8-6-15(25)7-9-16)10-13(12-27)21(30)28-17-5-3-4-14(24)11-17/h3-11,29H,2H2,1H3,(H,28,30)/b13-10+. The van der Waals surface area contributed by atoms with Crippen LogP contribution in [0.4, 0.5) is 17.3 Å². The summed E-state index contributed by atoms with van der Waals surface area (Å²) in [6.45, 7) is 1.77. The Hall–Kier alpha value is -3.25. The predicted octanol–water partition coefficient (Wildman–Crippen LogP) is 6.81. The lowest BCUT2D eigenvalue weighted by Gasteiger charge is -2.06. The summed E-state index contributed by atoms with van der Waals surface area (Å²) in [7, 11) is 0. The molecule has 0 bridgehead atoms. The summed E-state index contributed by atoms with van der Waals surface area (Å²) in [6.07, 6.45) is 1.16. The second-order valence-electron chi connectivity index (χ2n) is 6.47. The summed E-state index contributed by atoms with van der Waals surface area (Å²) >= 11 is 15.6. The third-order valence-corrected chi connectivity index (χ3v) is 5.30. The number of benzene rings is 2. The largest absolute Gasteiger partial charge is 0.462 e. The molecule has 0 saturated heterocycles. The molecule has 10 heteroatoms. The quantitative estimate of drug-likeness (QED) is 0.191. The summed E-state index contributed by atoms with van der Waals surface area (Å²) in [4.78, 5) is 25.1. The maximum absolute atomic E-state index is 12.6. The number of carbonyl (C=O) groups is 2. The molecule has 1 amide bonds. The van der Waals surface area contributed by atoms with Crippen molar-refractivity contribution in [2.75, 3.05) is 17.2 Å². The third-order valence-electron chi connectivity index (χ3n) is 4.18. The van der Waals surface area contributed by atoms with E-state index in [2.05, 4.69) is 26.6 Å². The summed E-state index contributed by atoms with van der Waals surface area (Å²) in [5.41, 5.74) is 0.709. The van der Waals surface area contributed by atoms with Gasteiger partial charge in [0.15, 0.2) is 5.76 Å². The van der Waals surface area contributed by atoms with Gasteiger partial charge < -0.3 is 19.8 Å². The Kier molecular flexibility index (Phi) is 8.17. The molecule has 7 nitrogen and oxygen atoms in total. The van der Waals surface area contributed by atoms with Gasteiger partial charge in [-0.1, -0.05) is 45.2 Å². The van der Waals surface area contributed by atoms with Gasteiger partial charge >= 0.3 is 5.97 Å². The van der Waals surface area contributed by atoms with Crippen LogP contribution in [-0.2, 0) is 9.53 Å². The van der Waals surface area contributed by atoms with E-state index >= 15 is 0 Å². The molecule has 3 rings (SSSR count). The van der Waals surface area contributed by atoms with E-state index in [1.165, 1.54) is 0 Å². The van der Waals surface area contributed by atoms with E-state index in [4.69, 9.17) is 32.4 Å². The third kappa shape index (κ3) is 6.17. The number of nitrogens with zero attached hydrogens (tertiary/aromatic N) is 1. The van der Waals surface area contributed by atoms with Crippen LogP contribution >= 0.6 is 39.1 Å². The number of furan rings is 1. The average molecular weight is 549 g/mol. The number of nitrogens with one attached hydrogen (secondary N) is 2. The van der Waals surface area contributed by atoms with Gasteiger partial charge in [0.05, 0.1) is 6.61 Å². The second-order valence-corrected chi connectivity index (χ2v) is 8.20. The minimum Gasteiger partial charge on any atom is -0.462 e. The maximum atomic E-state index is 12.6. The Labute approximate surface area is 208 Å². The zero-order chi connectivity index (χ0) is 24.0. The van der Waals surface area contributed by atoms with Gasteiger partial charge in [-0.2, -0.15) is 5.26 Å². The number of nitriles is 1. The molecule has 2 N–H and O–H groups in total. The van der Waals surface area contributed by atoms with Gasteiger partial charge in [0.1, 0.15) is 22.2 Å². The minimum atomic E-state index is -0.723. The fourth-order valence-corrected chi connectivity index (χ4v) is 3.49. The molecule has 0 radical (unpaired) electrons. The van der Waals surface area contributed by atoms with Gasteiger partial charge in [0.2, 0.25) is 5.88 Å². The zero-order valence-electron chi connectivity index (χ0n) is 17.1. The van der Waals surface area contributed by atoms with Crippen molar-refractivity contribution in [2.45, 2.75) is 6.92 Å². The number of rotatable bonds is 7. The maximum Gasteiger partial charge on any atom is 0.345 e. The highest BCUT2D eigenvalue weighted by Crippen LogP contribution is 2.36. The van der Waals surface area contributed by atoms with E-state index in [0.29, 0.717) is 16.4 Å². The van der Waals surface area contributed by atoms with E-state index < -0.39 is 11.9 Å². The Balaban J connectivity index is 1.97. The van der Waals surface area contributed by atoms with Gasteiger partial charge in [-0.25, -0.2) is 4.79 Å². The lowest BCUT2D eigenvalue weighted by Crippen LogP contribution is -2.13. The van der Waals surface area contributed by atoms with Gasteiger partial charge in [-0.3, -0.25) is 4.79 Å². The summed E-state index contributed by atoms with van der Waals surface area (Å²) in [5.74, 6) is -1.46. The van der Waals surface area contributed by atoms with Gasteiger partial charge in [0.25, 0.3) is 5.91 Å². The van der Waals surface area contributed by atoms with Crippen molar-refractivity contribution in [3.8, 4) is 6.07 Å². The lowest BCUT2D eigenvalue weighted by molar-refractivity contribution is -0.112. The molecule has 0 aliphatic rings. The summed E-state index contributed by atoms with van der Waals surface area (Å²) in [5, 5.41) is 15.5. The molecule has 168 valence electrons. The normalized spacial score (nSPS) is 10.9. The Bertz CT molecular complexity index is 1260. The minimum absolute atomic E-state index is 0.00305. The molecule has 0 aliphatic carbocycles. The molecule has 0 spiro atoms. The van der Waals surface area contributed by atoms with E-state index in [0.717, 1.165) is 10.5 Å². The van der Waals surface area contributed by atoms with Crippen LogP contribution in [0.5, 0.6) is 0 Å². The fourth-order valence-electron chi connectivity index (χ4n) is 2.70. The molecule has 1 aromatic heterocycles. The smallest absolute Gasteiger partial charge is 0.345 e. The number of carbonyl (C=O) groups excluding carboxylic acids is 2. The first-order valence-corrected chi connectivity index (χ1v) is 11.1. The monoisotopic (exact) mass is 547 g/mol.